The Balaban J connectivity index is 1.66. The zero-order valence-electron chi connectivity index (χ0n) is 18.8. The van der Waals surface area contributed by atoms with Gasteiger partial charge in [-0.1, -0.05) is 67.2 Å². The van der Waals surface area contributed by atoms with E-state index in [4.69, 9.17) is 5.73 Å². The first kappa shape index (κ1) is 22.3. The molecule has 2 aliphatic carbocycles. The third-order valence-corrected chi connectivity index (χ3v) is 7.88. The highest BCUT2D eigenvalue weighted by atomic mass is 14.7. The minimum atomic E-state index is 0.444. The van der Waals surface area contributed by atoms with Gasteiger partial charge in [0.1, 0.15) is 0 Å². The van der Waals surface area contributed by atoms with Crippen molar-refractivity contribution >= 4 is 0 Å². The lowest BCUT2D eigenvalue weighted by molar-refractivity contribution is 0.338. The smallest absolute Gasteiger partial charge is 0.00698 e. The standard InChI is InChI=1S/C25H49N/c1-17(2)10-11-23-15-21(13-19(23)5)8-7-9-22-16-24(14-20(22)6)25(26)12-18(3)4/h17-25H,7-16,26H2,1-6H3. The fourth-order valence-electron chi connectivity index (χ4n) is 6.21. The van der Waals surface area contributed by atoms with E-state index in [1.54, 1.807) is 0 Å². The van der Waals surface area contributed by atoms with Crippen LogP contribution in [-0.4, -0.2) is 6.04 Å². The molecule has 1 heteroatoms. The quantitative estimate of drug-likeness (QED) is 0.433. The number of hydrogen-bond donors (Lipinski definition) is 1. The van der Waals surface area contributed by atoms with Gasteiger partial charge in [-0.05, 0) is 85.9 Å². The minimum absolute atomic E-state index is 0.444. The van der Waals surface area contributed by atoms with Crippen molar-refractivity contribution in [1.29, 1.82) is 0 Å². The molecule has 0 amide bonds. The SMILES string of the molecule is CC(C)CCC1CC(CCCC2CC(C(N)CC(C)C)CC2C)CC1C. The van der Waals surface area contributed by atoms with E-state index in [0.29, 0.717) is 6.04 Å². The van der Waals surface area contributed by atoms with E-state index in [1.165, 1.54) is 64.2 Å². The lowest BCUT2D eigenvalue weighted by atomic mass is 9.88. The van der Waals surface area contributed by atoms with Crippen molar-refractivity contribution in [3.05, 3.63) is 0 Å². The van der Waals surface area contributed by atoms with E-state index in [2.05, 4.69) is 41.5 Å². The Labute approximate surface area is 165 Å². The van der Waals surface area contributed by atoms with E-state index in [9.17, 15) is 0 Å². The Hall–Kier alpha value is -0.0400. The molecule has 26 heavy (non-hydrogen) atoms. The molecule has 0 bridgehead atoms. The second-order valence-corrected chi connectivity index (χ2v) is 11.2. The fraction of sp³-hybridized carbons (Fsp3) is 1.00. The third-order valence-electron chi connectivity index (χ3n) is 7.88. The molecule has 7 atom stereocenters. The molecule has 0 saturated heterocycles. The van der Waals surface area contributed by atoms with E-state index in [-0.39, 0.29) is 0 Å². The van der Waals surface area contributed by atoms with Crippen molar-refractivity contribution in [2.45, 2.75) is 112 Å². The van der Waals surface area contributed by atoms with Gasteiger partial charge in [-0.25, -0.2) is 0 Å². The molecule has 2 N–H and O–H groups in total. The maximum absolute atomic E-state index is 6.51. The summed E-state index contributed by atoms with van der Waals surface area (Å²) in [5.41, 5.74) is 6.51. The molecule has 154 valence electrons. The van der Waals surface area contributed by atoms with E-state index in [1.807, 2.05) is 0 Å². The summed E-state index contributed by atoms with van der Waals surface area (Å²) in [6, 6.07) is 0.444. The van der Waals surface area contributed by atoms with Crippen LogP contribution in [0.2, 0.25) is 0 Å². The fourth-order valence-corrected chi connectivity index (χ4v) is 6.21. The first-order valence-electron chi connectivity index (χ1n) is 12.0. The van der Waals surface area contributed by atoms with Crippen LogP contribution in [0, 0.1) is 47.3 Å². The van der Waals surface area contributed by atoms with Crippen molar-refractivity contribution in [3.63, 3.8) is 0 Å². The van der Waals surface area contributed by atoms with Crippen LogP contribution in [0.1, 0.15) is 106 Å². The maximum Gasteiger partial charge on any atom is 0.00698 e. The average Bonchev–Trinajstić information content (AvgIpc) is 3.08. The first-order chi connectivity index (χ1) is 12.3. The summed E-state index contributed by atoms with van der Waals surface area (Å²) in [4.78, 5) is 0. The van der Waals surface area contributed by atoms with Gasteiger partial charge in [-0.3, -0.25) is 0 Å². The molecule has 0 radical (unpaired) electrons. The van der Waals surface area contributed by atoms with Gasteiger partial charge in [0.25, 0.3) is 0 Å². The maximum atomic E-state index is 6.51. The summed E-state index contributed by atoms with van der Waals surface area (Å²) in [7, 11) is 0. The normalized spacial score (nSPS) is 36.3. The van der Waals surface area contributed by atoms with Crippen LogP contribution < -0.4 is 5.73 Å². The van der Waals surface area contributed by atoms with Crippen LogP contribution in [0.5, 0.6) is 0 Å². The van der Waals surface area contributed by atoms with E-state index in [0.717, 1.165) is 47.3 Å². The van der Waals surface area contributed by atoms with Crippen molar-refractivity contribution in [3.8, 4) is 0 Å². The van der Waals surface area contributed by atoms with Crippen molar-refractivity contribution in [1.82, 2.24) is 0 Å². The number of hydrogen-bond acceptors (Lipinski definition) is 1. The van der Waals surface area contributed by atoms with Gasteiger partial charge < -0.3 is 5.73 Å². The monoisotopic (exact) mass is 363 g/mol. The summed E-state index contributed by atoms with van der Waals surface area (Å²) in [5, 5.41) is 0. The van der Waals surface area contributed by atoms with Gasteiger partial charge in [0, 0.05) is 6.04 Å². The third kappa shape index (κ3) is 6.84. The van der Waals surface area contributed by atoms with Crippen LogP contribution >= 0.6 is 0 Å². The largest absolute Gasteiger partial charge is 0.327 e. The predicted octanol–water partition coefficient (Wildman–Crippen LogP) is 7.29. The molecule has 0 aromatic rings. The predicted molar refractivity (Wildman–Crippen MR) is 116 cm³/mol. The van der Waals surface area contributed by atoms with Crippen molar-refractivity contribution in [2.24, 2.45) is 53.1 Å². The Bertz CT molecular complexity index is 388. The average molecular weight is 364 g/mol. The Morgan fingerprint density at radius 2 is 1.42 bits per heavy atom. The molecule has 0 aromatic heterocycles. The Kier molecular flexibility index (Phi) is 8.98. The Morgan fingerprint density at radius 1 is 0.769 bits per heavy atom. The number of rotatable bonds is 10. The molecular formula is C25H49N. The van der Waals surface area contributed by atoms with Gasteiger partial charge in [-0.2, -0.15) is 0 Å². The molecule has 0 aliphatic heterocycles. The summed E-state index contributed by atoms with van der Waals surface area (Å²) in [6.45, 7) is 14.4. The summed E-state index contributed by atoms with van der Waals surface area (Å²) >= 11 is 0. The summed E-state index contributed by atoms with van der Waals surface area (Å²) in [6.07, 6.45) is 14.4. The zero-order chi connectivity index (χ0) is 19.3. The van der Waals surface area contributed by atoms with Crippen molar-refractivity contribution < 1.29 is 0 Å². The second kappa shape index (κ2) is 10.5. The molecule has 0 aromatic carbocycles. The molecule has 7 unspecified atom stereocenters. The molecular weight excluding hydrogens is 314 g/mol. The van der Waals surface area contributed by atoms with Crippen LogP contribution in [0.25, 0.3) is 0 Å². The van der Waals surface area contributed by atoms with Crippen LogP contribution in [0.15, 0.2) is 0 Å². The molecule has 1 nitrogen and oxygen atoms in total. The van der Waals surface area contributed by atoms with Crippen LogP contribution in [0.4, 0.5) is 0 Å². The zero-order valence-corrected chi connectivity index (χ0v) is 18.8. The van der Waals surface area contributed by atoms with Gasteiger partial charge in [0.05, 0.1) is 0 Å². The van der Waals surface area contributed by atoms with E-state index >= 15 is 0 Å². The van der Waals surface area contributed by atoms with Crippen LogP contribution in [-0.2, 0) is 0 Å². The lowest BCUT2D eigenvalue weighted by Crippen LogP contribution is -2.30. The Morgan fingerprint density at radius 3 is 2.08 bits per heavy atom. The van der Waals surface area contributed by atoms with Gasteiger partial charge in [-0.15, -0.1) is 0 Å². The molecule has 2 aliphatic rings. The topological polar surface area (TPSA) is 26.0 Å². The minimum Gasteiger partial charge on any atom is -0.327 e. The highest BCUT2D eigenvalue weighted by molar-refractivity contribution is 4.88. The molecule has 2 fully saturated rings. The summed E-state index contributed by atoms with van der Waals surface area (Å²) < 4.78 is 0. The van der Waals surface area contributed by atoms with Gasteiger partial charge in [0.2, 0.25) is 0 Å². The highest BCUT2D eigenvalue weighted by Crippen LogP contribution is 2.44. The first-order valence-corrected chi connectivity index (χ1v) is 12.0. The molecule has 0 spiro atoms. The van der Waals surface area contributed by atoms with Crippen LogP contribution in [0.3, 0.4) is 0 Å². The second-order valence-electron chi connectivity index (χ2n) is 11.2. The number of nitrogens with two attached hydrogens (primary N) is 1. The van der Waals surface area contributed by atoms with Gasteiger partial charge in [0.15, 0.2) is 0 Å². The van der Waals surface area contributed by atoms with Gasteiger partial charge >= 0.3 is 0 Å². The highest BCUT2D eigenvalue weighted by Gasteiger charge is 2.35. The molecule has 2 saturated carbocycles. The summed E-state index contributed by atoms with van der Waals surface area (Å²) in [5.74, 6) is 7.29. The van der Waals surface area contributed by atoms with Crippen molar-refractivity contribution in [2.75, 3.05) is 0 Å². The lowest BCUT2D eigenvalue weighted by Gasteiger charge is -2.21. The van der Waals surface area contributed by atoms with E-state index < -0.39 is 0 Å². The molecule has 0 heterocycles. The molecule has 2 rings (SSSR count).